The van der Waals surface area contributed by atoms with Crippen molar-refractivity contribution >= 4 is 17.8 Å². The Balaban J connectivity index is 2.67. The summed E-state index contributed by atoms with van der Waals surface area (Å²) in [6, 6.07) is 3.80. The Kier molecular flexibility index (Phi) is 4.98. The predicted octanol–water partition coefficient (Wildman–Crippen LogP) is 3.84. The van der Waals surface area contributed by atoms with E-state index in [0.717, 1.165) is 19.2 Å². The fraction of sp³-hybridized carbons (Fsp3) is 0.200. The van der Waals surface area contributed by atoms with Crippen LogP contribution in [-0.4, -0.2) is 17.9 Å². The Labute approximate surface area is 138 Å². The summed E-state index contributed by atoms with van der Waals surface area (Å²) in [5, 5.41) is 3.50. The van der Waals surface area contributed by atoms with Crippen LogP contribution < -0.4 is 5.56 Å². The molecule has 4 nitrogen and oxygen atoms in total. The van der Waals surface area contributed by atoms with Gasteiger partial charge < -0.3 is 9.40 Å². The van der Waals surface area contributed by atoms with Gasteiger partial charge in [-0.3, -0.25) is 4.79 Å². The van der Waals surface area contributed by atoms with Crippen molar-refractivity contribution in [2.75, 3.05) is 7.11 Å². The summed E-state index contributed by atoms with van der Waals surface area (Å²) in [7, 11) is 2.26. The number of benzene rings is 1. The molecule has 0 saturated carbocycles. The number of aromatic nitrogens is 1. The zero-order valence-electron chi connectivity index (χ0n) is 12.5. The highest BCUT2D eigenvalue weighted by atomic mass is 35.5. The van der Waals surface area contributed by atoms with E-state index in [1.54, 1.807) is 0 Å². The van der Waals surface area contributed by atoms with Crippen LogP contribution in [0, 0.1) is 5.82 Å². The molecule has 9 heteroatoms. The number of rotatable bonds is 3. The first kappa shape index (κ1) is 18.0. The number of hydrogen-bond acceptors (Lipinski definition) is 3. The lowest BCUT2D eigenvalue weighted by Crippen LogP contribution is -2.26. The van der Waals surface area contributed by atoms with Gasteiger partial charge >= 0.3 is 6.18 Å². The van der Waals surface area contributed by atoms with Crippen molar-refractivity contribution in [3.8, 4) is 11.1 Å². The molecule has 0 amide bonds. The minimum absolute atomic E-state index is 0.0146. The summed E-state index contributed by atoms with van der Waals surface area (Å²) in [6.07, 6.45) is -3.50. The maximum absolute atomic E-state index is 14.2. The second-order valence-corrected chi connectivity index (χ2v) is 5.17. The third-order valence-corrected chi connectivity index (χ3v) is 3.60. The Morgan fingerprint density at radius 2 is 1.92 bits per heavy atom. The maximum atomic E-state index is 14.2. The van der Waals surface area contributed by atoms with Crippen LogP contribution in [0.4, 0.5) is 17.6 Å². The summed E-state index contributed by atoms with van der Waals surface area (Å²) in [5.74, 6) is -0.841. The van der Waals surface area contributed by atoms with E-state index in [1.807, 2.05) is 0 Å². The van der Waals surface area contributed by atoms with E-state index in [1.165, 1.54) is 19.4 Å². The number of pyridine rings is 1. The van der Waals surface area contributed by atoms with E-state index < -0.39 is 23.2 Å². The van der Waals surface area contributed by atoms with Crippen molar-refractivity contribution in [1.82, 2.24) is 4.57 Å². The summed E-state index contributed by atoms with van der Waals surface area (Å²) >= 11 is 5.86. The number of hydrogen-bond donors (Lipinski definition) is 0. The fourth-order valence-corrected chi connectivity index (χ4v) is 2.30. The second kappa shape index (κ2) is 6.64. The van der Waals surface area contributed by atoms with Gasteiger partial charge in [-0.05, 0) is 24.3 Å². The highest BCUT2D eigenvalue weighted by molar-refractivity contribution is 6.33. The molecule has 128 valence electrons. The van der Waals surface area contributed by atoms with Crippen LogP contribution in [0.3, 0.4) is 0 Å². The van der Waals surface area contributed by atoms with Crippen molar-refractivity contribution in [2.45, 2.75) is 6.18 Å². The average Bonchev–Trinajstić information content (AvgIpc) is 2.48. The van der Waals surface area contributed by atoms with E-state index in [-0.39, 0.29) is 21.7 Å². The number of nitrogens with zero attached hydrogens (tertiary/aromatic N) is 2. The van der Waals surface area contributed by atoms with Gasteiger partial charge in [0, 0.05) is 18.2 Å². The van der Waals surface area contributed by atoms with Crippen molar-refractivity contribution < 1.29 is 22.4 Å². The molecule has 0 N–H and O–H groups in total. The molecule has 2 rings (SSSR count). The molecule has 0 aliphatic heterocycles. The quantitative estimate of drug-likeness (QED) is 0.473. The van der Waals surface area contributed by atoms with Crippen LogP contribution >= 0.6 is 11.6 Å². The zero-order chi connectivity index (χ0) is 18.1. The molecule has 0 unspecified atom stereocenters. The molecule has 24 heavy (non-hydrogen) atoms. The fourth-order valence-electron chi connectivity index (χ4n) is 2.11. The molecule has 0 atom stereocenters. The van der Waals surface area contributed by atoms with Crippen LogP contribution in [0.25, 0.3) is 11.1 Å². The smallest absolute Gasteiger partial charge is 0.399 e. The van der Waals surface area contributed by atoms with E-state index >= 15 is 0 Å². The van der Waals surface area contributed by atoms with Crippen LogP contribution in [0.15, 0.2) is 34.2 Å². The first-order chi connectivity index (χ1) is 11.2. The number of alkyl halides is 3. The minimum Gasteiger partial charge on any atom is -0.399 e. The molecule has 0 spiro atoms. The van der Waals surface area contributed by atoms with Gasteiger partial charge in [-0.15, -0.1) is 0 Å². The summed E-state index contributed by atoms with van der Waals surface area (Å²) in [4.78, 5) is 16.7. The lowest BCUT2D eigenvalue weighted by atomic mass is 10.0. The summed E-state index contributed by atoms with van der Waals surface area (Å²) in [6.45, 7) is 0. The van der Waals surface area contributed by atoms with Gasteiger partial charge in [-0.1, -0.05) is 16.8 Å². The van der Waals surface area contributed by atoms with Crippen molar-refractivity contribution in [2.24, 2.45) is 12.2 Å². The molecular formula is C15H11ClF4N2O2. The molecule has 0 aliphatic rings. The Bertz CT molecular complexity index is 860. The van der Waals surface area contributed by atoms with Crippen LogP contribution in [-0.2, 0) is 18.1 Å². The standard InChI is InChI=1S/C15H11ClF4N2O2/c1-22-13(15(18,19)20)4-3-9(14(22)23)10-5-8(7-21-24-2)11(16)6-12(10)17/h3-7H,1-2H3. The first-order valence-corrected chi connectivity index (χ1v) is 6.87. The van der Waals surface area contributed by atoms with Gasteiger partial charge in [0.1, 0.15) is 18.6 Å². The molecular weight excluding hydrogens is 352 g/mol. The van der Waals surface area contributed by atoms with Crippen LogP contribution in [0.5, 0.6) is 0 Å². The largest absolute Gasteiger partial charge is 0.431 e. The maximum Gasteiger partial charge on any atom is 0.431 e. The molecule has 0 aliphatic carbocycles. The molecule has 0 bridgehead atoms. The summed E-state index contributed by atoms with van der Waals surface area (Å²) < 4.78 is 53.0. The van der Waals surface area contributed by atoms with Crippen molar-refractivity contribution in [3.05, 3.63) is 56.7 Å². The molecule has 0 radical (unpaired) electrons. The molecule has 1 heterocycles. The number of halogens is 5. The Morgan fingerprint density at radius 3 is 2.50 bits per heavy atom. The molecule has 0 fully saturated rings. The van der Waals surface area contributed by atoms with Gasteiger partial charge in [0.2, 0.25) is 0 Å². The Hall–Kier alpha value is -2.35. The van der Waals surface area contributed by atoms with Gasteiger partial charge in [0.25, 0.3) is 5.56 Å². The number of oxime groups is 1. The van der Waals surface area contributed by atoms with Crippen LogP contribution in [0.1, 0.15) is 11.3 Å². The predicted molar refractivity (Wildman–Crippen MR) is 81.7 cm³/mol. The third-order valence-electron chi connectivity index (χ3n) is 3.27. The average molecular weight is 363 g/mol. The lowest BCUT2D eigenvalue weighted by molar-refractivity contribution is -0.143. The topological polar surface area (TPSA) is 43.6 Å². The van der Waals surface area contributed by atoms with Crippen LogP contribution in [0.2, 0.25) is 5.02 Å². The highest BCUT2D eigenvalue weighted by Gasteiger charge is 2.34. The van der Waals surface area contributed by atoms with Gasteiger partial charge in [-0.2, -0.15) is 13.2 Å². The van der Waals surface area contributed by atoms with E-state index in [4.69, 9.17) is 11.6 Å². The molecule has 1 aromatic carbocycles. The Morgan fingerprint density at radius 1 is 1.25 bits per heavy atom. The second-order valence-electron chi connectivity index (χ2n) is 4.76. The third kappa shape index (κ3) is 3.43. The SMILES string of the molecule is CON=Cc1cc(-c2ccc(C(F)(F)F)n(C)c2=O)c(F)cc1Cl. The van der Waals surface area contributed by atoms with E-state index in [0.29, 0.717) is 10.6 Å². The lowest BCUT2D eigenvalue weighted by Gasteiger charge is -2.13. The van der Waals surface area contributed by atoms with Gasteiger partial charge in [-0.25, -0.2) is 4.39 Å². The molecule has 1 aromatic heterocycles. The monoisotopic (exact) mass is 362 g/mol. The van der Waals surface area contributed by atoms with Crippen molar-refractivity contribution in [1.29, 1.82) is 0 Å². The summed E-state index contributed by atoms with van der Waals surface area (Å²) in [5.41, 5.74) is -2.29. The molecule has 0 saturated heterocycles. The van der Waals surface area contributed by atoms with E-state index in [9.17, 15) is 22.4 Å². The van der Waals surface area contributed by atoms with Gasteiger partial charge in [0.15, 0.2) is 0 Å². The minimum atomic E-state index is -4.69. The van der Waals surface area contributed by atoms with Crippen molar-refractivity contribution in [3.63, 3.8) is 0 Å². The zero-order valence-corrected chi connectivity index (χ0v) is 13.2. The molecule has 2 aromatic rings. The first-order valence-electron chi connectivity index (χ1n) is 6.50. The normalized spacial score (nSPS) is 12.0. The van der Waals surface area contributed by atoms with Gasteiger partial charge in [0.05, 0.1) is 16.8 Å². The van der Waals surface area contributed by atoms with E-state index in [2.05, 4.69) is 9.99 Å². The highest BCUT2D eigenvalue weighted by Crippen LogP contribution is 2.30.